The molecule has 0 unspecified atom stereocenters. The predicted molar refractivity (Wildman–Crippen MR) is 141 cm³/mol. The fraction of sp³-hybridized carbons (Fsp3) is 0.375. The minimum absolute atomic E-state index is 0.0160. The zero-order valence-electron chi connectivity index (χ0n) is 20.9. The van der Waals surface area contributed by atoms with Crippen LogP contribution in [0.3, 0.4) is 0 Å². The Labute approximate surface area is 221 Å². The summed E-state index contributed by atoms with van der Waals surface area (Å²) < 4.78 is 67.9. The molecule has 0 spiro atoms. The molecular formula is C24H29ClFN5O4S2. The molecule has 9 nitrogen and oxygen atoms in total. The Morgan fingerprint density at radius 2 is 1.73 bits per heavy atom. The van der Waals surface area contributed by atoms with Crippen LogP contribution < -0.4 is 10.0 Å². The molecule has 1 fully saturated rings. The number of aromatic nitrogens is 2. The SMILES string of the molecule is Cc1nn(C)c(-c2cc(S(=O)(=O)N(C)C)ccc2S(N)(=O)=O)c1C1CCN(c2ccc(Cl)cc2F)CC1. The largest absolute Gasteiger partial charge is 0.369 e. The number of sulfonamides is 2. The summed E-state index contributed by atoms with van der Waals surface area (Å²) in [5, 5.41) is 10.4. The molecule has 0 amide bonds. The number of rotatable bonds is 6. The van der Waals surface area contributed by atoms with Crippen molar-refractivity contribution in [2.45, 2.75) is 35.5 Å². The quantitative estimate of drug-likeness (QED) is 0.485. The van der Waals surface area contributed by atoms with Gasteiger partial charge in [-0.2, -0.15) is 5.10 Å². The van der Waals surface area contributed by atoms with Crippen molar-refractivity contribution >= 4 is 37.3 Å². The highest BCUT2D eigenvalue weighted by molar-refractivity contribution is 7.89. The van der Waals surface area contributed by atoms with Crippen molar-refractivity contribution in [3.05, 3.63) is 58.5 Å². The lowest BCUT2D eigenvalue weighted by molar-refractivity contribution is 0.496. The van der Waals surface area contributed by atoms with Gasteiger partial charge in [0.05, 0.1) is 26.9 Å². The lowest BCUT2D eigenvalue weighted by Gasteiger charge is -2.34. The molecule has 1 aromatic heterocycles. The molecule has 1 saturated heterocycles. The molecule has 2 aromatic carbocycles. The number of benzene rings is 2. The lowest BCUT2D eigenvalue weighted by Crippen LogP contribution is -2.33. The summed E-state index contributed by atoms with van der Waals surface area (Å²) in [6.07, 6.45) is 1.31. The molecule has 1 aliphatic heterocycles. The van der Waals surface area contributed by atoms with Crippen molar-refractivity contribution < 1.29 is 21.2 Å². The molecule has 200 valence electrons. The molecular weight excluding hydrogens is 541 g/mol. The van der Waals surface area contributed by atoms with Gasteiger partial charge < -0.3 is 4.90 Å². The van der Waals surface area contributed by atoms with Gasteiger partial charge in [-0.25, -0.2) is 30.7 Å². The van der Waals surface area contributed by atoms with Crippen LogP contribution >= 0.6 is 11.6 Å². The normalized spacial score (nSPS) is 15.5. The molecule has 3 aromatic rings. The smallest absolute Gasteiger partial charge is 0.242 e. The van der Waals surface area contributed by atoms with E-state index in [9.17, 15) is 21.2 Å². The Bertz CT molecular complexity index is 1560. The van der Waals surface area contributed by atoms with Gasteiger partial charge in [0.1, 0.15) is 5.82 Å². The molecule has 4 rings (SSSR count). The second-order valence-corrected chi connectivity index (χ2v) is 13.4. The molecule has 0 saturated carbocycles. The number of hydrogen-bond acceptors (Lipinski definition) is 6. The van der Waals surface area contributed by atoms with Crippen molar-refractivity contribution in [3.63, 3.8) is 0 Å². The second-order valence-electron chi connectivity index (χ2n) is 9.32. The van der Waals surface area contributed by atoms with E-state index in [1.54, 1.807) is 23.9 Å². The minimum atomic E-state index is -4.18. The fourth-order valence-electron chi connectivity index (χ4n) is 4.94. The number of piperidine rings is 1. The van der Waals surface area contributed by atoms with E-state index in [0.29, 0.717) is 48.0 Å². The summed E-state index contributed by atoms with van der Waals surface area (Å²) >= 11 is 5.90. The van der Waals surface area contributed by atoms with Crippen molar-refractivity contribution in [2.75, 3.05) is 32.1 Å². The van der Waals surface area contributed by atoms with E-state index in [1.807, 2.05) is 11.8 Å². The van der Waals surface area contributed by atoms with Gasteiger partial charge in [0.15, 0.2) is 0 Å². The first-order valence-electron chi connectivity index (χ1n) is 11.5. The minimum Gasteiger partial charge on any atom is -0.369 e. The molecule has 1 aliphatic rings. The van der Waals surface area contributed by atoms with Crippen LogP contribution in [0.5, 0.6) is 0 Å². The monoisotopic (exact) mass is 569 g/mol. The Morgan fingerprint density at radius 1 is 1.08 bits per heavy atom. The highest BCUT2D eigenvalue weighted by atomic mass is 35.5. The molecule has 0 aliphatic carbocycles. The zero-order chi connectivity index (χ0) is 27.3. The van der Waals surface area contributed by atoms with Crippen molar-refractivity contribution in [1.29, 1.82) is 0 Å². The highest BCUT2D eigenvalue weighted by Gasteiger charge is 2.31. The van der Waals surface area contributed by atoms with Crippen LogP contribution in [0.25, 0.3) is 11.3 Å². The summed E-state index contributed by atoms with van der Waals surface area (Å²) in [7, 11) is -3.54. The van der Waals surface area contributed by atoms with Gasteiger partial charge in [-0.3, -0.25) is 4.68 Å². The maximum Gasteiger partial charge on any atom is 0.242 e. The molecule has 0 radical (unpaired) electrons. The van der Waals surface area contributed by atoms with E-state index < -0.39 is 20.0 Å². The van der Waals surface area contributed by atoms with Gasteiger partial charge >= 0.3 is 0 Å². The summed E-state index contributed by atoms with van der Waals surface area (Å²) in [4.78, 5) is 1.71. The van der Waals surface area contributed by atoms with Gasteiger partial charge in [0.25, 0.3) is 0 Å². The van der Waals surface area contributed by atoms with Crippen LogP contribution in [0.4, 0.5) is 10.1 Å². The zero-order valence-corrected chi connectivity index (χ0v) is 23.3. The lowest BCUT2D eigenvalue weighted by atomic mass is 9.86. The van der Waals surface area contributed by atoms with E-state index in [1.165, 1.54) is 38.4 Å². The first-order chi connectivity index (χ1) is 17.2. The summed E-state index contributed by atoms with van der Waals surface area (Å²) in [6, 6.07) is 8.40. The second kappa shape index (κ2) is 9.99. The average Bonchev–Trinajstić information content (AvgIpc) is 3.11. The number of nitrogens with zero attached hydrogens (tertiary/aromatic N) is 4. The summed E-state index contributed by atoms with van der Waals surface area (Å²) in [5.74, 6) is -0.404. The third-order valence-corrected chi connectivity index (χ3v) is 9.73. The van der Waals surface area contributed by atoms with Gasteiger partial charge in [-0.1, -0.05) is 11.6 Å². The summed E-state index contributed by atoms with van der Waals surface area (Å²) in [5.41, 5.74) is 2.67. The molecule has 37 heavy (non-hydrogen) atoms. The van der Waals surface area contributed by atoms with E-state index in [0.717, 1.165) is 9.87 Å². The van der Waals surface area contributed by atoms with E-state index in [4.69, 9.17) is 16.7 Å². The molecule has 0 atom stereocenters. The van der Waals surface area contributed by atoms with Gasteiger partial charge in [-0.15, -0.1) is 0 Å². The number of anilines is 1. The van der Waals surface area contributed by atoms with Crippen LogP contribution in [0.1, 0.15) is 30.0 Å². The number of hydrogen-bond donors (Lipinski definition) is 1. The van der Waals surface area contributed by atoms with Crippen LogP contribution in [-0.4, -0.2) is 58.1 Å². The highest BCUT2D eigenvalue weighted by Crippen LogP contribution is 2.41. The molecule has 0 bridgehead atoms. The van der Waals surface area contributed by atoms with Crippen molar-refractivity contribution in [1.82, 2.24) is 14.1 Å². The van der Waals surface area contributed by atoms with Crippen LogP contribution in [-0.2, 0) is 27.1 Å². The van der Waals surface area contributed by atoms with Crippen molar-refractivity contribution in [3.8, 4) is 11.3 Å². The standard InChI is InChI=1S/C24H29ClFN5O4S2/c1-15-23(16-9-11-31(12-10-16)21-7-5-17(25)13-20(21)26)24(30(4)28-15)19-14-18(37(34,35)29(2)3)6-8-22(19)36(27,32)33/h5-8,13-14,16H,9-12H2,1-4H3,(H2,27,32,33). The van der Waals surface area contributed by atoms with Gasteiger partial charge in [-0.05, 0) is 62.1 Å². The number of aryl methyl sites for hydroxylation is 2. The van der Waals surface area contributed by atoms with Crippen LogP contribution in [0.2, 0.25) is 5.02 Å². The predicted octanol–water partition coefficient (Wildman–Crippen LogP) is 3.47. The number of nitrogens with two attached hydrogens (primary N) is 1. The maximum atomic E-state index is 14.5. The van der Waals surface area contributed by atoms with E-state index >= 15 is 0 Å². The number of primary sulfonamides is 1. The third kappa shape index (κ3) is 5.26. The topological polar surface area (TPSA) is 119 Å². The Hall–Kier alpha value is -2.51. The summed E-state index contributed by atoms with van der Waals surface area (Å²) in [6.45, 7) is 2.96. The first-order valence-corrected chi connectivity index (χ1v) is 14.9. The van der Waals surface area contributed by atoms with Crippen molar-refractivity contribution in [2.24, 2.45) is 12.2 Å². The molecule has 2 heterocycles. The molecule has 13 heteroatoms. The number of halogens is 2. The maximum absolute atomic E-state index is 14.5. The van der Waals surface area contributed by atoms with Crippen LogP contribution in [0, 0.1) is 12.7 Å². The first kappa shape index (κ1) is 27.5. The fourth-order valence-corrected chi connectivity index (χ4v) is 6.75. The van der Waals surface area contributed by atoms with Crippen LogP contribution in [0.15, 0.2) is 46.2 Å². The average molecular weight is 570 g/mol. The van der Waals surface area contributed by atoms with E-state index in [2.05, 4.69) is 5.10 Å². The van der Waals surface area contributed by atoms with Gasteiger partial charge in [0, 0.05) is 50.4 Å². The Kier molecular flexibility index (Phi) is 7.43. The van der Waals surface area contributed by atoms with Gasteiger partial charge in [0.2, 0.25) is 20.0 Å². The third-order valence-electron chi connectivity index (χ3n) is 6.71. The Morgan fingerprint density at radius 3 is 2.30 bits per heavy atom. The van der Waals surface area contributed by atoms with E-state index in [-0.39, 0.29) is 27.1 Å². The molecule has 2 N–H and O–H groups in total. The Balaban J connectivity index is 1.78.